The second-order valence-electron chi connectivity index (χ2n) is 16.5. The maximum atomic E-state index is 15.2. The standard InChI is InChI=1S/C43H55F2N9O3.4H2/c44-35-26-32(47-37-16-18-39(55)50-42(37)57)13-17-38(35)54-23-21-53(22-24-54)33-14-11-30(12-15-33)48-41(56)28-7-9-31(10-8-28)49-43-46-27-36(45)40(51-43)29-5-4-6-34(25-29)52-19-2-1-3-20-52;;;;/h4-6,13,17,25-28,30-31,33,37,47H,1-3,7-12,14-16,18-24H2,(H,48,56)(H,46,49,51)(H,50,55,57);4*1H. The summed E-state index contributed by atoms with van der Waals surface area (Å²) in [5.74, 6) is -0.871. The van der Waals surface area contributed by atoms with Gasteiger partial charge in [0.1, 0.15) is 17.6 Å². The average Bonchev–Trinajstić information content (AvgIpc) is 3.24. The van der Waals surface area contributed by atoms with E-state index in [1.807, 2.05) is 18.2 Å². The van der Waals surface area contributed by atoms with Crippen molar-refractivity contribution < 1.29 is 28.9 Å². The van der Waals surface area contributed by atoms with Gasteiger partial charge in [-0.2, -0.15) is 0 Å². The maximum Gasteiger partial charge on any atom is 0.249 e. The van der Waals surface area contributed by atoms with Crippen LogP contribution in [0.5, 0.6) is 0 Å². The van der Waals surface area contributed by atoms with Crippen LogP contribution in [0.15, 0.2) is 48.7 Å². The van der Waals surface area contributed by atoms with E-state index >= 15 is 4.39 Å². The number of nitrogens with one attached hydrogen (secondary N) is 4. The van der Waals surface area contributed by atoms with Gasteiger partial charge in [-0.1, -0.05) is 12.1 Å². The molecule has 2 aliphatic carbocycles. The van der Waals surface area contributed by atoms with Gasteiger partial charge >= 0.3 is 0 Å². The number of benzene rings is 2. The molecule has 312 valence electrons. The molecule has 0 bridgehead atoms. The normalized spacial score (nSPS) is 26.1. The van der Waals surface area contributed by atoms with Gasteiger partial charge in [-0.15, -0.1) is 0 Å². The molecule has 1 unspecified atom stereocenters. The number of anilines is 4. The number of amides is 3. The van der Waals surface area contributed by atoms with E-state index in [0.717, 1.165) is 102 Å². The van der Waals surface area contributed by atoms with Crippen molar-refractivity contribution in [1.82, 2.24) is 25.5 Å². The Labute approximate surface area is 339 Å². The van der Waals surface area contributed by atoms with Crippen LogP contribution in [0.3, 0.4) is 0 Å². The lowest BCUT2D eigenvalue weighted by molar-refractivity contribution is -0.133. The largest absolute Gasteiger partial charge is 0.374 e. The number of carbonyl (C=O) groups excluding carboxylic acids is 3. The zero-order chi connectivity index (χ0) is 39.3. The number of piperazine rings is 1. The minimum Gasteiger partial charge on any atom is -0.374 e. The molecule has 2 aromatic carbocycles. The Morgan fingerprint density at radius 3 is 2.26 bits per heavy atom. The monoisotopic (exact) mass is 792 g/mol. The van der Waals surface area contributed by atoms with Crippen molar-refractivity contribution in [3.8, 4) is 11.3 Å². The number of nitrogens with zero attached hydrogens (tertiary/aromatic N) is 5. The third-order valence-corrected chi connectivity index (χ3v) is 12.8. The SMILES string of the molecule is O=C1CCC(Nc2ccc(N3CCN(C4CCC(NC(=O)C5CCC(Nc6ncc(F)c(-c7cccc(N8CCCCC8)c7)n6)CC5)CC4)CC3)c(F)c2)C(=O)N1.[HH].[HH].[HH].[HH]. The van der Waals surface area contributed by atoms with Crippen LogP contribution in [0.1, 0.15) is 89.2 Å². The summed E-state index contributed by atoms with van der Waals surface area (Å²) in [6, 6.07) is 13.2. The number of carbonyl (C=O) groups is 3. The van der Waals surface area contributed by atoms with Crippen LogP contribution in [-0.4, -0.2) is 96.0 Å². The highest BCUT2D eigenvalue weighted by atomic mass is 19.1. The van der Waals surface area contributed by atoms with Gasteiger partial charge in [0.05, 0.1) is 11.9 Å². The topological polar surface area (TPSA) is 135 Å². The molecule has 14 heteroatoms. The number of piperidine rings is 2. The molecule has 4 heterocycles. The second kappa shape index (κ2) is 17.7. The van der Waals surface area contributed by atoms with Crippen LogP contribution in [0, 0.1) is 17.6 Å². The van der Waals surface area contributed by atoms with E-state index < -0.39 is 11.9 Å². The van der Waals surface area contributed by atoms with Crippen LogP contribution < -0.4 is 31.1 Å². The molecule has 0 spiro atoms. The first-order valence-corrected chi connectivity index (χ1v) is 21.1. The van der Waals surface area contributed by atoms with Gasteiger partial charge < -0.3 is 25.8 Å². The molecule has 3 amide bonds. The van der Waals surface area contributed by atoms with Crippen molar-refractivity contribution in [1.29, 1.82) is 0 Å². The van der Waals surface area contributed by atoms with Crippen LogP contribution in [0.2, 0.25) is 0 Å². The molecule has 3 aromatic rings. The Morgan fingerprint density at radius 2 is 1.53 bits per heavy atom. The summed E-state index contributed by atoms with van der Waals surface area (Å²) in [6.07, 6.45) is 12.7. The van der Waals surface area contributed by atoms with Gasteiger partial charge in [0.25, 0.3) is 0 Å². The van der Waals surface area contributed by atoms with Gasteiger partial charge in [-0.3, -0.25) is 24.6 Å². The number of hydrogen-bond donors (Lipinski definition) is 4. The molecule has 12 nitrogen and oxygen atoms in total. The summed E-state index contributed by atoms with van der Waals surface area (Å²) in [5, 5.41) is 12.2. The van der Waals surface area contributed by atoms with Crippen LogP contribution in [-0.2, 0) is 14.4 Å². The van der Waals surface area contributed by atoms with E-state index in [0.29, 0.717) is 35.5 Å². The van der Waals surface area contributed by atoms with Crippen molar-refractivity contribution >= 4 is 40.7 Å². The maximum absolute atomic E-state index is 15.2. The van der Waals surface area contributed by atoms with Crippen LogP contribution >= 0.6 is 0 Å². The van der Waals surface area contributed by atoms with Crippen LogP contribution in [0.25, 0.3) is 11.3 Å². The van der Waals surface area contributed by atoms with Crippen molar-refractivity contribution in [2.75, 3.05) is 59.7 Å². The van der Waals surface area contributed by atoms with Crippen molar-refractivity contribution in [3.63, 3.8) is 0 Å². The van der Waals surface area contributed by atoms with Crippen molar-refractivity contribution in [3.05, 3.63) is 60.3 Å². The minimum absolute atomic E-state index is 0. The lowest BCUT2D eigenvalue weighted by atomic mass is 9.84. The Bertz CT molecular complexity index is 1920. The molecule has 4 N–H and O–H groups in total. The van der Waals surface area contributed by atoms with E-state index in [2.05, 4.69) is 52.0 Å². The fourth-order valence-electron chi connectivity index (χ4n) is 9.44. The molecule has 8 rings (SSSR count). The smallest absolute Gasteiger partial charge is 0.249 e. The van der Waals surface area contributed by atoms with E-state index in [4.69, 9.17) is 0 Å². The molecule has 3 aliphatic heterocycles. The Hall–Kier alpha value is -4.85. The van der Waals surface area contributed by atoms with Gasteiger partial charge in [-0.25, -0.2) is 18.7 Å². The lowest BCUT2D eigenvalue weighted by Gasteiger charge is -2.43. The molecule has 1 atom stereocenters. The zero-order valence-corrected chi connectivity index (χ0v) is 32.7. The molecule has 2 saturated carbocycles. The van der Waals surface area contributed by atoms with Crippen LogP contribution in [0.4, 0.5) is 31.8 Å². The number of imide groups is 1. The van der Waals surface area contributed by atoms with Gasteiger partial charge in [0.2, 0.25) is 23.7 Å². The van der Waals surface area contributed by atoms with Gasteiger partial charge in [-0.05, 0) is 107 Å². The molecule has 3 saturated heterocycles. The summed E-state index contributed by atoms with van der Waals surface area (Å²) >= 11 is 0. The fourth-order valence-corrected chi connectivity index (χ4v) is 9.44. The number of hydrogen-bond acceptors (Lipinski definition) is 10. The van der Waals surface area contributed by atoms with E-state index in [1.165, 1.54) is 31.5 Å². The first kappa shape index (κ1) is 39.0. The molecular weight excluding hydrogens is 729 g/mol. The lowest BCUT2D eigenvalue weighted by Crippen LogP contribution is -2.52. The Morgan fingerprint density at radius 1 is 0.772 bits per heavy atom. The first-order chi connectivity index (χ1) is 27.8. The summed E-state index contributed by atoms with van der Waals surface area (Å²) in [5.41, 5.74) is 3.23. The summed E-state index contributed by atoms with van der Waals surface area (Å²) < 4.78 is 30.2. The predicted molar refractivity (Wildman–Crippen MR) is 225 cm³/mol. The average molecular weight is 792 g/mol. The van der Waals surface area contributed by atoms with Crippen molar-refractivity contribution in [2.45, 2.75) is 108 Å². The molecular formula is C43H63F2N9O3. The minimum atomic E-state index is -0.554. The highest BCUT2D eigenvalue weighted by Gasteiger charge is 2.33. The van der Waals surface area contributed by atoms with E-state index in [1.54, 1.807) is 12.1 Å². The fraction of sp³-hybridized carbons (Fsp3) is 0.558. The summed E-state index contributed by atoms with van der Waals surface area (Å²) in [4.78, 5) is 52.7. The molecule has 1 aromatic heterocycles. The number of aromatic nitrogens is 2. The summed E-state index contributed by atoms with van der Waals surface area (Å²) in [6.45, 7) is 5.20. The second-order valence-corrected chi connectivity index (χ2v) is 16.5. The molecule has 5 fully saturated rings. The van der Waals surface area contributed by atoms with Crippen molar-refractivity contribution in [2.24, 2.45) is 5.92 Å². The third kappa shape index (κ3) is 9.48. The predicted octanol–water partition coefficient (Wildman–Crippen LogP) is 6.83. The number of halogens is 2. The van der Waals surface area contributed by atoms with Gasteiger partial charge in [0.15, 0.2) is 5.82 Å². The third-order valence-electron chi connectivity index (χ3n) is 12.8. The summed E-state index contributed by atoms with van der Waals surface area (Å²) in [7, 11) is 0. The molecule has 57 heavy (non-hydrogen) atoms. The molecule has 0 radical (unpaired) electrons. The molecule has 5 aliphatic rings. The Kier molecular flexibility index (Phi) is 12.1. The quantitative estimate of drug-likeness (QED) is 0.162. The Balaban J connectivity index is 0.00000205. The first-order valence-electron chi connectivity index (χ1n) is 21.1. The van der Waals surface area contributed by atoms with E-state index in [9.17, 15) is 18.8 Å². The van der Waals surface area contributed by atoms with Gasteiger partial charge in [0, 0.05) is 92.4 Å². The highest BCUT2D eigenvalue weighted by molar-refractivity contribution is 6.01. The zero-order valence-electron chi connectivity index (χ0n) is 32.7. The highest BCUT2D eigenvalue weighted by Crippen LogP contribution is 2.32. The number of rotatable bonds is 10. The van der Waals surface area contributed by atoms with E-state index in [-0.39, 0.29) is 53.7 Å².